The van der Waals surface area contributed by atoms with Gasteiger partial charge < -0.3 is 9.47 Å². The number of halogens is 8. The zero-order chi connectivity index (χ0) is 26.5. The fourth-order valence-corrected chi connectivity index (χ4v) is 3.36. The van der Waals surface area contributed by atoms with Crippen molar-refractivity contribution >= 4 is 0 Å². The van der Waals surface area contributed by atoms with Crippen LogP contribution in [0.2, 0.25) is 0 Å². The number of hydrogen-bond donors (Lipinski definition) is 0. The van der Waals surface area contributed by atoms with Crippen LogP contribution in [-0.4, -0.2) is 4.98 Å². The van der Waals surface area contributed by atoms with Gasteiger partial charge in [0, 0.05) is 6.07 Å². The third kappa shape index (κ3) is 6.64. The fraction of sp³-hybridized carbons (Fsp3) is 0.320. The van der Waals surface area contributed by atoms with E-state index in [9.17, 15) is 35.1 Å². The number of hydrogen-bond acceptors (Lipinski definition) is 3. The molecular formula is C25H21F8NO2. The van der Waals surface area contributed by atoms with E-state index >= 15 is 0 Å². The SMILES string of the molecule is CCCCCCc1cc(F)c(C(F)(F)Oc2ccc(C(F)(F)Oc3ccc(F)c(F)c3)nc2)c(F)c1. The fourth-order valence-electron chi connectivity index (χ4n) is 3.36. The molecule has 3 rings (SSSR count). The maximum atomic E-state index is 14.6. The Bertz CT molecular complexity index is 1160. The molecule has 0 saturated carbocycles. The van der Waals surface area contributed by atoms with Gasteiger partial charge in [0.05, 0.1) is 6.20 Å². The Labute approximate surface area is 201 Å². The molecule has 0 unspecified atom stereocenters. The Morgan fingerprint density at radius 2 is 1.33 bits per heavy atom. The largest absolute Gasteiger partial charge is 0.444 e. The summed E-state index contributed by atoms with van der Waals surface area (Å²) < 4.78 is 121. The van der Waals surface area contributed by atoms with Crippen LogP contribution in [0.3, 0.4) is 0 Å². The molecule has 11 heteroatoms. The summed E-state index contributed by atoms with van der Waals surface area (Å²) >= 11 is 0. The standard InChI is InChI=1S/C25H21F8NO2/c1-2-3-4-5-6-15-11-20(28)23(21(29)12-15)25(32,33)36-17-8-10-22(34-14-17)24(30,31)35-16-7-9-18(26)19(27)13-16/h7-14H,2-6H2,1H3. The molecule has 0 aliphatic rings. The van der Waals surface area contributed by atoms with Gasteiger partial charge in [-0.15, -0.1) is 0 Å². The molecule has 2 aromatic carbocycles. The van der Waals surface area contributed by atoms with Crippen molar-refractivity contribution in [1.82, 2.24) is 4.98 Å². The number of unbranched alkanes of at least 4 members (excludes halogenated alkanes) is 3. The van der Waals surface area contributed by atoms with E-state index in [4.69, 9.17) is 0 Å². The number of ether oxygens (including phenoxy) is 2. The molecule has 0 N–H and O–H groups in total. The zero-order valence-corrected chi connectivity index (χ0v) is 18.9. The van der Waals surface area contributed by atoms with Gasteiger partial charge in [-0.05, 0) is 54.8 Å². The molecule has 1 heterocycles. The number of aromatic nitrogens is 1. The van der Waals surface area contributed by atoms with Gasteiger partial charge >= 0.3 is 12.2 Å². The highest BCUT2D eigenvalue weighted by atomic mass is 19.3. The highest BCUT2D eigenvalue weighted by Gasteiger charge is 2.42. The average Bonchev–Trinajstić information content (AvgIpc) is 2.78. The maximum Gasteiger partial charge on any atom is 0.444 e. The first kappa shape index (κ1) is 27.2. The highest BCUT2D eigenvalue weighted by molar-refractivity contribution is 5.31. The topological polar surface area (TPSA) is 31.4 Å². The molecule has 0 saturated heterocycles. The minimum atomic E-state index is -4.48. The Morgan fingerprint density at radius 3 is 1.92 bits per heavy atom. The molecule has 0 atom stereocenters. The molecule has 0 spiro atoms. The summed E-state index contributed by atoms with van der Waals surface area (Å²) in [6.07, 6.45) is -4.49. The van der Waals surface area contributed by atoms with Crippen LogP contribution in [0.4, 0.5) is 35.1 Å². The second-order valence-corrected chi connectivity index (χ2v) is 7.94. The summed E-state index contributed by atoms with van der Waals surface area (Å²) in [4.78, 5) is 3.28. The second-order valence-electron chi connectivity index (χ2n) is 7.94. The number of nitrogens with zero attached hydrogens (tertiary/aromatic N) is 1. The van der Waals surface area contributed by atoms with Crippen LogP contribution in [0.25, 0.3) is 0 Å². The lowest BCUT2D eigenvalue weighted by Gasteiger charge is -2.21. The number of alkyl halides is 4. The van der Waals surface area contributed by atoms with Crippen LogP contribution >= 0.6 is 0 Å². The molecule has 0 fully saturated rings. The summed E-state index contributed by atoms with van der Waals surface area (Å²) in [6.45, 7) is 1.99. The van der Waals surface area contributed by atoms with E-state index in [0.29, 0.717) is 43.3 Å². The number of benzene rings is 2. The lowest BCUT2D eigenvalue weighted by Crippen LogP contribution is -2.26. The van der Waals surface area contributed by atoms with Crippen molar-refractivity contribution in [3.63, 3.8) is 0 Å². The number of rotatable bonds is 11. The molecule has 1 aromatic heterocycles. The third-order valence-electron chi connectivity index (χ3n) is 5.13. The Balaban J connectivity index is 1.73. The van der Waals surface area contributed by atoms with Crippen molar-refractivity contribution in [3.05, 3.63) is 88.8 Å². The van der Waals surface area contributed by atoms with Crippen molar-refractivity contribution in [3.8, 4) is 11.5 Å². The normalized spacial score (nSPS) is 12.0. The van der Waals surface area contributed by atoms with E-state index in [1.165, 1.54) is 0 Å². The van der Waals surface area contributed by atoms with Crippen LogP contribution in [0.1, 0.15) is 49.4 Å². The highest BCUT2D eigenvalue weighted by Crippen LogP contribution is 2.37. The summed E-state index contributed by atoms with van der Waals surface area (Å²) in [7, 11) is 0. The van der Waals surface area contributed by atoms with Gasteiger partial charge in [0.1, 0.15) is 28.7 Å². The molecule has 3 aromatic rings. The van der Waals surface area contributed by atoms with Crippen molar-refractivity contribution < 1.29 is 44.6 Å². The predicted octanol–water partition coefficient (Wildman–Crippen LogP) is 8.02. The lowest BCUT2D eigenvalue weighted by molar-refractivity contribution is -0.191. The molecule has 194 valence electrons. The van der Waals surface area contributed by atoms with E-state index in [-0.39, 0.29) is 5.56 Å². The van der Waals surface area contributed by atoms with Crippen molar-refractivity contribution in [2.75, 3.05) is 0 Å². The van der Waals surface area contributed by atoms with Crippen LogP contribution in [0.15, 0.2) is 48.7 Å². The van der Waals surface area contributed by atoms with Crippen molar-refractivity contribution in [2.45, 2.75) is 51.2 Å². The molecule has 0 aliphatic heterocycles. The van der Waals surface area contributed by atoms with E-state index in [1.54, 1.807) is 0 Å². The Kier molecular flexibility index (Phi) is 8.42. The smallest absolute Gasteiger partial charge is 0.428 e. The van der Waals surface area contributed by atoms with Gasteiger partial charge in [-0.3, -0.25) is 0 Å². The lowest BCUT2D eigenvalue weighted by atomic mass is 10.0. The molecule has 36 heavy (non-hydrogen) atoms. The summed E-state index contributed by atoms with van der Waals surface area (Å²) in [5.74, 6) is -7.21. The summed E-state index contributed by atoms with van der Waals surface area (Å²) in [5.41, 5.74) is -2.49. The molecule has 3 nitrogen and oxygen atoms in total. The van der Waals surface area contributed by atoms with Gasteiger partial charge in [0.2, 0.25) is 0 Å². The monoisotopic (exact) mass is 519 g/mol. The maximum absolute atomic E-state index is 14.6. The van der Waals surface area contributed by atoms with E-state index in [0.717, 1.165) is 37.5 Å². The Morgan fingerprint density at radius 1 is 0.694 bits per heavy atom. The van der Waals surface area contributed by atoms with Crippen LogP contribution in [0.5, 0.6) is 11.5 Å². The van der Waals surface area contributed by atoms with E-state index in [1.807, 2.05) is 6.92 Å². The molecule has 0 aliphatic carbocycles. The minimum absolute atomic E-state index is 0.218. The van der Waals surface area contributed by atoms with Gasteiger partial charge in [-0.2, -0.15) is 17.6 Å². The van der Waals surface area contributed by atoms with Gasteiger partial charge in [-0.25, -0.2) is 22.5 Å². The minimum Gasteiger partial charge on any atom is -0.428 e. The summed E-state index contributed by atoms with van der Waals surface area (Å²) in [6, 6.07) is 4.56. The first-order chi connectivity index (χ1) is 16.9. The van der Waals surface area contributed by atoms with Crippen LogP contribution in [0, 0.1) is 23.3 Å². The third-order valence-corrected chi connectivity index (χ3v) is 5.13. The van der Waals surface area contributed by atoms with E-state index < -0.39 is 58.2 Å². The first-order valence-corrected chi connectivity index (χ1v) is 11.0. The molecule has 0 radical (unpaired) electrons. The van der Waals surface area contributed by atoms with Gasteiger partial charge in [-0.1, -0.05) is 26.2 Å². The predicted molar refractivity (Wildman–Crippen MR) is 114 cm³/mol. The molecular weight excluding hydrogens is 498 g/mol. The number of aryl methyl sites for hydroxylation is 1. The number of pyridine rings is 1. The van der Waals surface area contributed by atoms with Crippen LogP contribution < -0.4 is 9.47 Å². The second kappa shape index (κ2) is 11.1. The van der Waals surface area contributed by atoms with Crippen molar-refractivity contribution in [1.29, 1.82) is 0 Å². The van der Waals surface area contributed by atoms with Crippen LogP contribution in [-0.2, 0) is 18.6 Å². The quantitative estimate of drug-likeness (QED) is 0.190. The van der Waals surface area contributed by atoms with Gasteiger partial charge in [0.15, 0.2) is 17.3 Å². The Hall–Kier alpha value is -3.37. The van der Waals surface area contributed by atoms with E-state index in [2.05, 4.69) is 14.5 Å². The van der Waals surface area contributed by atoms with Gasteiger partial charge in [0.25, 0.3) is 0 Å². The molecule has 0 amide bonds. The summed E-state index contributed by atoms with van der Waals surface area (Å²) in [5, 5.41) is 0. The molecule has 0 bridgehead atoms. The van der Waals surface area contributed by atoms with Crippen molar-refractivity contribution in [2.24, 2.45) is 0 Å². The zero-order valence-electron chi connectivity index (χ0n) is 18.9. The average molecular weight is 519 g/mol. The first-order valence-electron chi connectivity index (χ1n) is 11.0.